The summed E-state index contributed by atoms with van der Waals surface area (Å²) >= 11 is 5.06. The number of primary amides is 1. The van der Waals surface area contributed by atoms with Gasteiger partial charge in [0.15, 0.2) is 0 Å². The van der Waals surface area contributed by atoms with Gasteiger partial charge in [0.1, 0.15) is 0 Å². The minimum atomic E-state index is -1.26. The Morgan fingerprint density at radius 1 is 1.30 bits per heavy atom. The minimum absolute atomic E-state index is 0.223. The van der Waals surface area contributed by atoms with Crippen molar-refractivity contribution in [2.24, 2.45) is 8.94 Å². The van der Waals surface area contributed by atoms with E-state index in [0.717, 1.165) is 12.1 Å². The second kappa shape index (κ2) is 6.45. The first-order valence-electron chi connectivity index (χ1n) is 5.48. The number of carbonyl (C=O) groups is 1. The van der Waals surface area contributed by atoms with Gasteiger partial charge in [-0.3, -0.25) is 0 Å². The van der Waals surface area contributed by atoms with Crippen LogP contribution in [0.4, 0.5) is 8.78 Å². The Hall–Kier alpha value is -1.28. The molecule has 0 spiro atoms. The zero-order chi connectivity index (χ0) is 14.7. The van der Waals surface area contributed by atoms with E-state index in [-0.39, 0.29) is 11.3 Å². The van der Waals surface area contributed by atoms with Crippen molar-refractivity contribution in [1.82, 2.24) is 0 Å². The Morgan fingerprint density at radius 3 is 2.55 bits per heavy atom. The first-order chi connectivity index (χ1) is 9.50. The fourth-order valence-electron chi connectivity index (χ4n) is 1.72. The number of nitrogens with zero attached hydrogens (tertiary/aromatic N) is 1. The summed E-state index contributed by atoms with van der Waals surface area (Å²) in [5.41, 5.74) is 5.14. The van der Waals surface area contributed by atoms with Gasteiger partial charge in [-0.25, -0.2) is 0 Å². The predicted octanol–water partition coefficient (Wildman–Crippen LogP) is -0.371. The molecule has 1 heterocycles. The Balaban J connectivity index is 2.51. The molecule has 0 radical (unpaired) electrons. The topological polar surface area (TPSA) is 55.5 Å². The van der Waals surface area contributed by atoms with Gasteiger partial charge in [0.05, 0.1) is 0 Å². The van der Waals surface area contributed by atoms with E-state index in [9.17, 15) is 13.6 Å². The average molecular weight is 410 g/mol. The third-order valence-electron chi connectivity index (χ3n) is 2.58. The number of hydrogen-bond donors (Lipinski definition) is 1. The van der Waals surface area contributed by atoms with E-state index in [4.69, 9.17) is 17.3 Å². The molecule has 0 saturated heterocycles. The third-order valence-corrected chi connectivity index (χ3v) is 4.97. The Labute approximate surface area is 129 Å². The monoisotopic (exact) mass is 409 g/mol. The summed E-state index contributed by atoms with van der Waals surface area (Å²) in [4.78, 5) is 11.6. The van der Waals surface area contributed by atoms with Crippen molar-refractivity contribution in [3.8, 4) is 0 Å². The number of benzene rings is 1. The molecule has 1 unspecified atom stereocenters. The first-order valence-corrected chi connectivity index (χ1v) is 8.07. The molecule has 2 rings (SSSR count). The zero-order valence-electron chi connectivity index (χ0n) is 9.99. The maximum absolute atomic E-state index is 13.8. The van der Waals surface area contributed by atoms with Crippen LogP contribution in [0.2, 0.25) is 0 Å². The molecule has 3 nitrogen and oxygen atoms in total. The number of hydrogen-bond acceptors (Lipinski definition) is 2. The Morgan fingerprint density at radius 2 is 1.95 bits per heavy atom. The number of carbonyl (C=O) groups excluding carboxylic acids is 1. The standard InChI is InChI=1S/C13H9ClF2IN2O/c14-7-4-5-10(19-17-6-7)12(13(18)20)11-8(15)2-1-3-9(11)16/h1-6,12H,(H2,18,20)/q-1. The fourth-order valence-corrected chi connectivity index (χ4v) is 3.41. The Kier molecular flexibility index (Phi) is 4.87. The average Bonchev–Trinajstić information content (AvgIpc) is 2.58. The second-order valence-electron chi connectivity index (χ2n) is 3.91. The van der Waals surface area contributed by atoms with E-state index in [2.05, 4.69) is 3.21 Å². The number of rotatable bonds is 3. The SMILES string of the molecule is NC(=O)C(C1=N[I-]C=C(Cl)C=C1)c1c(F)cccc1F. The van der Waals surface area contributed by atoms with Crippen LogP contribution in [-0.2, 0) is 4.79 Å². The molecular formula is C13H9ClF2IN2O-. The van der Waals surface area contributed by atoms with Gasteiger partial charge >= 0.3 is 130 Å². The third kappa shape index (κ3) is 3.24. The van der Waals surface area contributed by atoms with Gasteiger partial charge in [0.2, 0.25) is 0 Å². The normalized spacial score (nSPS) is 16.6. The molecule has 0 bridgehead atoms. The molecule has 1 amide bonds. The van der Waals surface area contributed by atoms with E-state index >= 15 is 0 Å². The summed E-state index contributed by atoms with van der Waals surface area (Å²) < 4.78 is 33.6. The molecule has 2 N–H and O–H groups in total. The molecule has 0 aliphatic carbocycles. The zero-order valence-corrected chi connectivity index (χ0v) is 12.9. The number of allylic oxidation sites excluding steroid dienone is 3. The van der Waals surface area contributed by atoms with E-state index < -0.39 is 44.9 Å². The van der Waals surface area contributed by atoms with Crippen LogP contribution in [0.25, 0.3) is 0 Å². The van der Waals surface area contributed by atoms with Crippen LogP contribution in [0, 0.1) is 11.6 Å². The fraction of sp³-hybridized carbons (Fsp3) is 0.0769. The van der Waals surface area contributed by atoms with Gasteiger partial charge in [0, 0.05) is 0 Å². The summed E-state index contributed by atoms with van der Waals surface area (Å²) in [6, 6.07) is 3.38. The van der Waals surface area contributed by atoms with Gasteiger partial charge in [0.25, 0.3) is 0 Å². The van der Waals surface area contributed by atoms with Crippen molar-refractivity contribution in [1.29, 1.82) is 0 Å². The number of halogens is 4. The molecule has 1 atom stereocenters. The van der Waals surface area contributed by atoms with Crippen molar-refractivity contribution in [3.63, 3.8) is 0 Å². The molecule has 0 aromatic heterocycles. The van der Waals surface area contributed by atoms with Gasteiger partial charge in [-0.15, -0.1) is 0 Å². The molecule has 1 aliphatic rings. The van der Waals surface area contributed by atoms with Crippen LogP contribution in [0.5, 0.6) is 0 Å². The number of amides is 1. The van der Waals surface area contributed by atoms with E-state index in [1.165, 1.54) is 18.2 Å². The summed E-state index contributed by atoms with van der Waals surface area (Å²) in [5, 5.41) is 0.480. The van der Waals surface area contributed by atoms with E-state index in [1.54, 1.807) is 4.08 Å². The van der Waals surface area contributed by atoms with Gasteiger partial charge in [-0.1, -0.05) is 0 Å². The van der Waals surface area contributed by atoms with Crippen molar-refractivity contribution in [3.05, 3.63) is 56.7 Å². The molecule has 106 valence electrons. The van der Waals surface area contributed by atoms with Crippen LogP contribution in [0.3, 0.4) is 0 Å². The quantitative estimate of drug-likeness (QED) is 0.681. The van der Waals surface area contributed by atoms with Gasteiger partial charge in [-0.2, -0.15) is 0 Å². The van der Waals surface area contributed by atoms with Crippen molar-refractivity contribution < 1.29 is 35.1 Å². The maximum atomic E-state index is 13.8. The molecule has 0 fully saturated rings. The molecule has 1 aromatic rings. The van der Waals surface area contributed by atoms with Gasteiger partial charge < -0.3 is 0 Å². The summed E-state index contributed by atoms with van der Waals surface area (Å²) in [5.74, 6) is -3.78. The Bertz CT molecular complexity index is 623. The van der Waals surface area contributed by atoms with Crippen LogP contribution in [0.15, 0.2) is 42.7 Å². The molecule has 7 heteroatoms. The van der Waals surface area contributed by atoms with Crippen LogP contribution >= 0.6 is 11.6 Å². The van der Waals surface area contributed by atoms with Crippen LogP contribution in [0.1, 0.15) is 11.5 Å². The van der Waals surface area contributed by atoms with Crippen molar-refractivity contribution in [2.45, 2.75) is 5.92 Å². The summed E-state index contributed by atoms with van der Waals surface area (Å²) in [6.07, 6.45) is 2.99. The van der Waals surface area contributed by atoms with Crippen LogP contribution in [-0.4, -0.2) is 11.6 Å². The van der Waals surface area contributed by atoms with Crippen molar-refractivity contribution >= 4 is 23.2 Å². The molecular weight excluding hydrogens is 401 g/mol. The molecule has 1 aromatic carbocycles. The van der Waals surface area contributed by atoms with E-state index in [0.29, 0.717) is 5.03 Å². The van der Waals surface area contributed by atoms with E-state index in [1.807, 2.05) is 0 Å². The summed E-state index contributed by atoms with van der Waals surface area (Å²) in [6.45, 7) is 0. The first kappa shape index (κ1) is 15.1. The van der Waals surface area contributed by atoms with Crippen molar-refractivity contribution in [2.75, 3.05) is 0 Å². The molecule has 1 aliphatic heterocycles. The second-order valence-corrected chi connectivity index (χ2v) is 6.00. The summed E-state index contributed by atoms with van der Waals surface area (Å²) in [7, 11) is 0. The molecule has 0 saturated carbocycles. The number of nitrogens with two attached hydrogens (primary N) is 1. The van der Waals surface area contributed by atoms with Gasteiger partial charge in [-0.05, 0) is 0 Å². The van der Waals surface area contributed by atoms with Crippen LogP contribution < -0.4 is 27.2 Å². The molecule has 20 heavy (non-hydrogen) atoms. The predicted molar refractivity (Wildman–Crippen MR) is 68.8 cm³/mol.